The number of nitrogens with one attached hydrogen (secondary N) is 1. The maximum Gasteiger partial charge on any atom is 0.274 e. The number of amides is 1. The lowest BCUT2D eigenvalue weighted by Crippen LogP contribution is -2.34. The van der Waals surface area contributed by atoms with Crippen LogP contribution >= 0.6 is 11.6 Å². The third-order valence-corrected chi connectivity index (χ3v) is 4.65. The molecule has 0 saturated carbocycles. The first-order valence-electron chi connectivity index (χ1n) is 8.62. The number of furan rings is 1. The highest BCUT2D eigenvalue weighted by molar-refractivity contribution is 6.30. The van der Waals surface area contributed by atoms with E-state index in [1.807, 2.05) is 29.2 Å². The maximum atomic E-state index is 12.9. The van der Waals surface area contributed by atoms with Crippen molar-refractivity contribution in [2.24, 2.45) is 0 Å². The lowest BCUT2D eigenvalue weighted by molar-refractivity contribution is 0.0760. The van der Waals surface area contributed by atoms with Crippen molar-refractivity contribution in [1.82, 2.24) is 20.0 Å². The predicted molar refractivity (Wildman–Crippen MR) is 99.7 cm³/mol. The van der Waals surface area contributed by atoms with Gasteiger partial charge in [0.2, 0.25) is 0 Å². The maximum absolute atomic E-state index is 12.9. The van der Waals surface area contributed by atoms with Gasteiger partial charge in [0.25, 0.3) is 5.91 Å². The fraction of sp³-hybridized carbons (Fsp3) is 0.263. The van der Waals surface area contributed by atoms with Gasteiger partial charge < -0.3 is 14.6 Å². The normalized spacial score (nSPS) is 15.0. The van der Waals surface area contributed by atoms with Gasteiger partial charge in [0.15, 0.2) is 11.5 Å². The van der Waals surface area contributed by atoms with Crippen LogP contribution < -0.4 is 5.32 Å². The molecule has 0 spiro atoms. The van der Waals surface area contributed by atoms with E-state index in [2.05, 4.69) is 10.4 Å². The second-order valence-electron chi connectivity index (χ2n) is 6.18. The molecule has 26 heavy (non-hydrogen) atoms. The van der Waals surface area contributed by atoms with Crippen LogP contribution in [0.25, 0.3) is 17.1 Å². The van der Waals surface area contributed by atoms with Gasteiger partial charge in [0, 0.05) is 30.7 Å². The number of aromatic nitrogens is 2. The SMILES string of the molecule is O=C(c1cc(-c2ccco2)n(-c2ccc(Cl)cc2)n1)N1CCCNCC1. The van der Waals surface area contributed by atoms with Crippen LogP contribution in [0, 0.1) is 0 Å². The number of carbonyl (C=O) groups excluding carboxylic acids is 1. The van der Waals surface area contributed by atoms with E-state index >= 15 is 0 Å². The monoisotopic (exact) mass is 370 g/mol. The summed E-state index contributed by atoms with van der Waals surface area (Å²) in [5, 5.41) is 8.53. The van der Waals surface area contributed by atoms with Crippen molar-refractivity contribution in [2.75, 3.05) is 26.2 Å². The number of carbonyl (C=O) groups is 1. The van der Waals surface area contributed by atoms with Gasteiger partial charge in [-0.25, -0.2) is 4.68 Å². The largest absolute Gasteiger partial charge is 0.463 e. The Morgan fingerprint density at radius 1 is 1.15 bits per heavy atom. The summed E-state index contributed by atoms with van der Waals surface area (Å²) >= 11 is 6.00. The Bertz CT molecular complexity index is 879. The molecule has 1 saturated heterocycles. The highest BCUT2D eigenvalue weighted by Gasteiger charge is 2.23. The van der Waals surface area contributed by atoms with Gasteiger partial charge in [-0.15, -0.1) is 0 Å². The van der Waals surface area contributed by atoms with Crippen LogP contribution in [0.2, 0.25) is 5.02 Å². The molecule has 1 aliphatic rings. The van der Waals surface area contributed by atoms with Gasteiger partial charge in [-0.3, -0.25) is 4.79 Å². The molecule has 4 rings (SSSR count). The minimum atomic E-state index is -0.0609. The summed E-state index contributed by atoms with van der Waals surface area (Å²) in [5.74, 6) is 0.596. The molecule has 0 atom stereocenters. The van der Waals surface area contributed by atoms with Crippen LogP contribution in [-0.4, -0.2) is 46.8 Å². The molecule has 3 aromatic rings. The zero-order chi connectivity index (χ0) is 17.9. The fourth-order valence-electron chi connectivity index (χ4n) is 3.08. The molecule has 6 nitrogen and oxygen atoms in total. The molecular formula is C19H19ClN4O2. The highest BCUT2D eigenvalue weighted by Crippen LogP contribution is 2.26. The van der Waals surface area contributed by atoms with Crippen molar-refractivity contribution >= 4 is 17.5 Å². The Labute approximate surface area is 156 Å². The van der Waals surface area contributed by atoms with Crippen LogP contribution in [0.1, 0.15) is 16.9 Å². The molecule has 7 heteroatoms. The van der Waals surface area contributed by atoms with Gasteiger partial charge in [-0.05, 0) is 49.4 Å². The van der Waals surface area contributed by atoms with E-state index in [-0.39, 0.29) is 5.91 Å². The molecule has 1 aliphatic heterocycles. The van der Waals surface area contributed by atoms with E-state index in [4.69, 9.17) is 16.0 Å². The summed E-state index contributed by atoms with van der Waals surface area (Å²) < 4.78 is 7.26. The van der Waals surface area contributed by atoms with Crippen molar-refractivity contribution in [2.45, 2.75) is 6.42 Å². The summed E-state index contributed by atoms with van der Waals surface area (Å²) in [6.45, 7) is 3.15. The van der Waals surface area contributed by atoms with Gasteiger partial charge >= 0.3 is 0 Å². The van der Waals surface area contributed by atoms with Crippen LogP contribution in [0.3, 0.4) is 0 Å². The molecule has 1 fully saturated rings. The number of halogens is 1. The second kappa shape index (κ2) is 7.35. The molecule has 1 amide bonds. The smallest absolute Gasteiger partial charge is 0.274 e. The summed E-state index contributed by atoms with van der Waals surface area (Å²) in [6.07, 6.45) is 2.55. The Hall–Kier alpha value is -2.57. The van der Waals surface area contributed by atoms with Crippen molar-refractivity contribution < 1.29 is 9.21 Å². The minimum absolute atomic E-state index is 0.0609. The molecule has 0 bridgehead atoms. The Kier molecular flexibility index (Phi) is 4.77. The Balaban J connectivity index is 1.73. The lowest BCUT2D eigenvalue weighted by Gasteiger charge is -2.18. The molecule has 1 aromatic carbocycles. The van der Waals surface area contributed by atoms with E-state index in [1.54, 1.807) is 29.1 Å². The van der Waals surface area contributed by atoms with Crippen LogP contribution in [0.5, 0.6) is 0 Å². The second-order valence-corrected chi connectivity index (χ2v) is 6.61. The minimum Gasteiger partial charge on any atom is -0.463 e. The highest BCUT2D eigenvalue weighted by atomic mass is 35.5. The molecule has 1 N–H and O–H groups in total. The van der Waals surface area contributed by atoms with Gasteiger partial charge in [-0.1, -0.05) is 11.6 Å². The molecule has 134 valence electrons. The van der Waals surface area contributed by atoms with Crippen molar-refractivity contribution in [3.8, 4) is 17.1 Å². The van der Waals surface area contributed by atoms with E-state index in [1.165, 1.54) is 0 Å². The van der Waals surface area contributed by atoms with Gasteiger partial charge in [0.1, 0.15) is 5.69 Å². The summed E-state index contributed by atoms with van der Waals surface area (Å²) in [7, 11) is 0. The molecule has 0 aliphatic carbocycles. The first-order valence-corrected chi connectivity index (χ1v) is 9.00. The zero-order valence-electron chi connectivity index (χ0n) is 14.2. The number of nitrogens with zero attached hydrogens (tertiary/aromatic N) is 3. The first-order chi connectivity index (χ1) is 12.7. The molecule has 2 aromatic heterocycles. The molecular weight excluding hydrogens is 352 g/mol. The fourth-order valence-corrected chi connectivity index (χ4v) is 3.20. The average Bonchev–Trinajstić information content (AvgIpc) is 3.25. The lowest BCUT2D eigenvalue weighted by atomic mass is 10.2. The quantitative estimate of drug-likeness (QED) is 0.768. The van der Waals surface area contributed by atoms with E-state index in [0.29, 0.717) is 23.0 Å². The summed E-state index contributed by atoms with van der Waals surface area (Å²) in [5.41, 5.74) is 1.96. The van der Waals surface area contributed by atoms with E-state index in [0.717, 1.165) is 37.4 Å². The van der Waals surface area contributed by atoms with Crippen molar-refractivity contribution in [3.63, 3.8) is 0 Å². The third-order valence-electron chi connectivity index (χ3n) is 4.40. The standard InChI is InChI=1S/C19H19ClN4O2/c20-14-4-6-15(7-5-14)24-17(18-3-1-12-26-18)13-16(22-24)19(25)23-10-2-8-21-9-11-23/h1,3-7,12-13,21H,2,8-11H2. The van der Waals surface area contributed by atoms with E-state index in [9.17, 15) is 4.79 Å². The molecule has 3 heterocycles. The summed E-state index contributed by atoms with van der Waals surface area (Å²) in [4.78, 5) is 14.8. The Morgan fingerprint density at radius 3 is 2.77 bits per heavy atom. The number of benzene rings is 1. The summed E-state index contributed by atoms with van der Waals surface area (Å²) in [6, 6.07) is 12.8. The van der Waals surface area contributed by atoms with Crippen LogP contribution in [-0.2, 0) is 0 Å². The topological polar surface area (TPSA) is 63.3 Å². The molecule has 0 unspecified atom stereocenters. The van der Waals surface area contributed by atoms with Crippen LogP contribution in [0.15, 0.2) is 53.1 Å². The van der Waals surface area contributed by atoms with E-state index < -0.39 is 0 Å². The first kappa shape index (κ1) is 16.9. The van der Waals surface area contributed by atoms with Gasteiger partial charge in [-0.2, -0.15) is 5.10 Å². The zero-order valence-corrected chi connectivity index (χ0v) is 14.9. The number of hydrogen-bond acceptors (Lipinski definition) is 4. The number of rotatable bonds is 3. The molecule has 0 radical (unpaired) electrons. The Morgan fingerprint density at radius 2 is 2.00 bits per heavy atom. The van der Waals surface area contributed by atoms with Crippen LogP contribution in [0.4, 0.5) is 0 Å². The van der Waals surface area contributed by atoms with Gasteiger partial charge in [0.05, 0.1) is 12.0 Å². The predicted octanol–water partition coefficient (Wildman–Crippen LogP) is 3.22. The number of hydrogen-bond donors (Lipinski definition) is 1. The van der Waals surface area contributed by atoms with Crippen molar-refractivity contribution in [3.05, 3.63) is 59.4 Å². The third kappa shape index (κ3) is 3.38. The van der Waals surface area contributed by atoms with Crippen molar-refractivity contribution in [1.29, 1.82) is 0 Å². The average molecular weight is 371 g/mol.